The molecule has 1 aliphatic rings. The number of carboxylic acids is 1. The fourth-order valence-corrected chi connectivity index (χ4v) is 4.38. The molecule has 0 radical (unpaired) electrons. The summed E-state index contributed by atoms with van der Waals surface area (Å²) in [5, 5.41) is 9.68. The monoisotopic (exact) mass is 467 g/mol. The van der Waals surface area contributed by atoms with Crippen LogP contribution in [0.1, 0.15) is 30.0 Å². The number of aliphatic carboxylic acids is 1. The minimum absolute atomic E-state index is 0.202. The van der Waals surface area contributed by atoms with E-state index in [2.05, 4.69) is 36.8 Å². The molecule has 0 spiro atoms. The van der Waals surface area contributed by atoms with Crippen LogP contribution in [0.3, 0.4) is 0 Å². The molecule has 2 aromatic carbocycles. The maximum Gasteiger partial charge on any atom is 0.320 e. The molecule has 3 rings (SSSR count). The summed E-state index contributed by atoms with van der Waals surface area (Å²) in [6, 6.07) is 13.1. The molecule has 0 amide bonds. The molecule has 0 aromatic heterocycles. The van der Waals surface area contributed by atoms with Gasteiger partial charge in [-0.1, -0.05) is 50.1 Å². The summed E-state index contributed by atoms with van der Waals surface area (Å²) >= 11 is 7.17. The van der Waals surface area contributed by atoms with Crippen LogP contribution in [0.15, 0.2) is 51.4 Å². The second-order valence-electron chi connectivity index (χ2n) is 6.04. The molecule has 6 heteroatoms. The Morgan fingerprint density at radius 1 is 1.24 bits per heavy atom. The van der Waals surface area contributed by atoms with Gasteiger partial charge in [0.15, 0.2) is 0 Å². The summed E-state index contributed by atoms with van der Waals surface area (Å²) in [7, 11) is 1.64. The summed E-state index contributed by atoms with van der Waals surface area (Å²) in [5.74, 6) is -0.0245. The minimum atomic E-state index is -0.775. The van der Waals surface area contributed by atoms with Gasteiger partial charge in [0.2, 0.25) is 0 Å². The summed E-state index contributed by atoms with van der Waals surface area (Å²) in [6.07, 6.45) is 1.53. The van der Waals surface area contributed by atoms with Crippen LogP contribution in [0.2, 0.25) is 0 Å². The van der Waals surface area contributed by atoms with Crippen LogP contribution >= 0.6 is 31.9 Å². The molecular weight excluding hydrogens is 450 g/mol. The van der Waals surface area contributed by atoms with Crippen LogP contribution in [-0.2, 0) is 4.79 Å². The van der Waals surface area contributed by atoms with Gasteiger partial charge in [0.25, 0.3) is 0 Å². The first-order chi connectivity index (χ1) is 12.0. The average molecular weight is 469 g/mol. The Kier molecular flexibility index (Phi) is 5.81. The van der Waals surface area contributed by atoms with Crippen LogP contribution < -0.4 is 4.74 Å². The van der Waals surface area contributed by atoms with Gasteiger partial charge in [-0.15, -0.1) is 0 Å². The smallest absolute Gasteiger partial charge is 0.320 e. The molecule has 1 fully saturated rings. The lowest BCUT2D eigenvalue weighted by Crippen LogP contribution is -2.39. The highest BCUT2D eigenvalue weighted by atomic mass is 79.9. The highest BCUT2D eigenvalue weighted by Crippen LogP contribution is 2.42. The van der Waals surface area contributed by atoms with Gasteiger partial charge in [0.1, 0.15) is 11.8 Å². The zero-order valence-electron chi connectivity index (χ0n) is 13.8. The molecule has 0 bridgehead atoms. The van der Waals surface area contributed by atoms with Crippen molar-refractivity contribution in [1.82, 2.24) is 4.90 Å². The van der Waals surface area contributed by atoms with E-state index in [1.807, 2.05) is 42.5 Å². The number of carboxylic acid groups (broad SMARTS) is 1. The lowest BCUT2D eigenvalue weighted by atomic mass is 9.95. The van der Waals surface area contributed by atoms with Crippen molar-refractivity contribution >= 4 is 37.8 Å². The van der Waals surface area contributed by atoms with Gasteiger partial charge in [-0.2, -0.15) is 0 Å². The number of halogens is 2. The fraction of sp³-hybridized carbons (Fsp3) is 0.316. The van der Waals surface area contributed by atoms with Gasteiger partial charge in [0, 0.05) is 21.1 Å². The maximum atomic E-state index is 11.8. The molecule has 25 heavy (non-hydrogen) atoms. The van der Waals surface area contributed by atoms with Crippen molar-refractivity contribution in [2.75, 3.05) is 13.7 Å². The molecule has 2 atom stereocenters. The third kappa shape index (κ3) is 3.76. The van der Waals surface area contributed by atoms with Gasteiger partial charge in [0.05, 0.1) is 13.2 Å². The quantitative estimate of drug-likeness (QED) is 0.680. The van der Waals surface area contributed by atoms with E-state index in [-0.39, 0.29) is 6.04 Å². The van der Waals surface area contributed by atoms with Crippen molar-refractivity contribution in [3.05, 3.63) is 62.5 Å². The summed E-state index contributed by atoms with van der Waals surface area (Å²) in [6.45, 7) is 0.735. The van der Waals surface area contributed by atoms with E-state index in [0.717, 1.165) is 38.8 Å². The van der Waals surface area contributed by atoms with Gasteiger partial charge in [-0.05, 0) is 42.7 Å². The Bertz CT molecular complexity index is 781. The van der Waals surface area contributed by atoms with E-state index in [4.69, 9.17) is 4.74 Å². The number of likely N-dealkylation sites (tertiary alicyclic amines) is 1. The lowest BCUT2D eigenvalue weighted by Gasteiger charge is -2.33. The summed E-state index contributed by atoms with van der Waals surface area (Å²) in [4.78, 5) is 13.9. The molecule has 1 heterocycles. The highest BCUT2D eigenvalue weighted by molar-refractivity contribution is 9.10. The molecular formula is C19H19Br2NO3. The van der Waals surface area contributed by atoms with Crippen molar-refractivity contribution in [2.45, 2.75) is 24.9 Å². The molecule has 2 aromatic rings. The van der Waals surface area contributed by atoms with Crippen LogP contribution in [0.4, 0.5) is 0 Å². The van der Waals surface area contributed by atoms with Crippen LogP contribution in [0.25, 0.3) is 0 Å². The number of methoxy groups -OCH3 is 1. The molecule has 132 valence electrons. The lowest BCUT2D eigenvalue weighted by molar-refractivity contribution is -0.142. The predicted octanol–water partition coefficient (Wildman–Crippen LogP) is 4.86. The number of nitrogens with zero attached hydrogens (tertiary/aromatic N) is 1. The van der Waals surface area contributed by atoms with E-state index in [9.17, 15) is 9.90 Å². The fourth-order valence-electron chi connectivity index (χ4n) is 3.50. The Morgan fingerprint density at radius 2 is 2.00 bits per heavy atom. The standard InChI is InChI=1S/C19H19Br2NO3/c1-25-17-9-8-12(20)11-14(17)18(13-5-2-3-6-15(13)21)22-10-4-7-16(22)19(23)24/h2-3,5-6,8-9,11,16,18H,4,7,10H2,1H3,(H,23,24). The van der Waals surface area contributed by atoms with Crippen LogP contribution in [-0.4, -0.2) is 35.7 Å². The Morgan fingerprint density at radius 3 is 2.68 bits per heavy atom. The molecule has 1 aliphatic heterocycles. The van der Waals surface area contributed by atoms with Crippen molar-refractivity contribution in [3.63, 3.8) is 0 Å². The van der Waals surface area contributed by atoms with Crippen molar-refractivity contribution < 1.29 is 14.6 Å². The largest absolute Gasteiger partial charge is 0.496 e. The minimum Gasteiger partial charge on any atom is -0.496 e. The first-order valence-corrected chi connectivity index (χ1v) is 9.68. The summed E-state index contributed by atoms with van der Waals surface area (Å²) < 4.78 is 7.48. The average Bonchev–Trinajstić information content (AvgIpc) is 3.07. The molecule has 1 N–H and O–H groups in total. The third-order valence-corrected chi connectivity index (χ3v) is 5.81. The molecule has 0 saturated carbocycles. The number of rotatable bonds is 5. The topological polar surface area (TPSA) is 49.8 Å². The molecule has 4 nitrogen and oxygen atoms in total. The first kappa shape index (κ1) is 18.4. The number of hydrogen-bond acceptors (Lipinski definition) is 3. The highest BCUT2D eigenvalue weighted by Gasteiger charge is 2.38. The number of ether oxygens (including phenoxy) is 1. The number of benzene rings is 2. The van der Waals surface area contributed by atoms with E-state index in [1.165, 1.54) is 0 Å². The normalized spacial score (nSPS) is 18.9. The Hall–Kier alpha value is -1.37. The van der Waals surface area contributed by atoms with Gasteiger partial charge in [-0.3, -0.25) is 9.69 Å². The molecule has 2 unspecified atom stereocenters. The van der Waals surface area contributed by atoms with Crippen LogP contribution in [0.5, 0.6) is 5.75 Å². The third-order valence-electron chi connectivity index (χ3n) is 4.60. The number of carbonyl (C=O) groups is 1. The predicted molar refractivity (Wildman–Crippen MR) is 104 cm³/mol. The Balaban J connectivity index is 2.18. The zero-order chi connectivity index (χ0) is 18.0. The van der Waals surface area contributed by atoms with Gasteiger partial charge in [-0.25, -0.2) is 0 Å². The first-order valence-electron chi connectivity index (χ1n) is 8.09. The Labute approximate surface area is 164 Å². The van der Waals surface area contributed by atoms with Crippen molar-refractivity contribution in [1.29, 1.82) is 0 Å². The van der Waals surface area contributed by atoms with Crippen molar-refractivity contribution in [2.24, 2.45) is 0 Å². The van der Waals surface area contributed by atoms with E-state index in [1.54, 1.807) is 7.11 Å². The van der Waals surface area contributed by atoms with E-state index >= 15 is 0 Å². The zero-order valence-corrected chi connectivity index (χ0v) is 17.0. The van der Waals surface area contributed by atoms with Crippen LogP contribution in [0, 0.1) is 0 Å². The summed E-state index contributed by atoms with van der Waals surface area (Å²) in [5.41, 5.74) is 1.99. The van der Waals surface area contributed by atoms with Crippen molar-refractivity contribution in [3.8, 4) is 5.75 Å². The van der Waals surface area contributed by atoms with E-state index < -0.39 is 12.0 Å². The van der Waals surface area contributed by atoms with Gasteiger partial charge < -0.3 is 9.84 Å². The maximum absolute atomic E-state index is 11.8. The van der Waals surface area contributed by atoms with Gasteiger partial charge >= 0.3 is 5.97 Å². The SMILES string of the molecule is COc1ccc(Br)cc1C(c1ccccc1Br)N1CCCC1C(=O)O. The second kappa shape index (κ2) is 7.89. The second-order valence-corrected chi connectivity index (χ2v) is 7.81. The number of hydrogen-bond donors (Lipinski definition) is 1. The molecule has 1 saturated heterocycles. The molecule has 0 aliphatic carbocycles. The van der Waals surface area contributed by atoms with E-state index in [0.29, 0.717) is 6.42 Å².